The summed E-state index contributed by atoms with van der Waals surface area (Å²) in [5.74, 6) is 0. The first-order chi connectivity index (χ1) is 3.66. The Morgan fingerprint density at radius 1 is 1.67 bits per heavy atom. The minimum Gasteiger partial charge on any atom is -0.419 e. The van der Waals surface area contributed by atoms with Crippen LogP contribution in [-0.4, -0.2) is 12.8 Å². The van der Waals surface area contributed by atoms with Gasteiger partial charge in [-0.15, -0.1) is 0 Å². The van der Waals surface area contributed by atoms with Crippen molar-refractivity contribution in [2.45, 2.75) is 13.0 Å². The Labute approximate surface area is 97.5 Å². The predicted octanol–water partition coefficient (Wildman–Crippen LogP) is -2.41. The monoisotopic (exact) mass is 180 g/mol. The minimum absolute atomic E-state index is 0. The third-order valence-electron chi connectivity index (χ3n) is 0.460. The van der Waals surface area contributed by atoms with Gasteiger partial charge in [0, 0.05) is 0 Å². The molecule has 0 aliphatic carbocycles. The molecule has 6 heteroatoms. The van der Waals surface area contributed by atoms with Gasteiger partial charge in [0.15, 0.2) is 0 Å². The largest absolute Gasteiger partial charge is 1.00 e. The molecule has 0 radical (unpaired) electrons. The molecule has 0 saturated carbocycles. The summed E-state index contributed by atoms with van der Waals surface area (Å²) in [5, 5.41) is 0. The van der Waals surface area contributed by atoms with Crippen molar-refractivity contribution < 1.29 is 68.4 Å². The van der Waals surface area contributed by atoms with Gasteiger partial charge in [-0.25, -0.2) is 4.39 Å². The predicted molar refractivity (Wildman–Crippen MR) is 25.3 cm³/mol. The van der Waals surface area contributed by atoms with Crippen LogP contribution in [0.2, 0.25) is 0 Å². The Hall–Kier alpha value is 1.48. The van der Waals surface area contributed by atoms with E-state index in [0.717, 1.165) is 0 Å². The van der Waals surface area contributed by atoms with E-state index in [1.54, 1.807) is 0 Å². The van der Waals surface area contributed by atoms with Gasteiger partial charge in [-0.1, -0.05) is 0 Å². The van der Waals surface area contributed by atoms with Crippen LogP contribution in [-0.2, 0) is 23.6 Å². The molecular weight excluding hydrogens is 174 g/mol. The van der Waals surface area contributed by atoms with Crippen molar-refractivity contribution in [1.29, 1.82) is 0 Å². The van der Waals surface area contributed by atoms with Crippen molar-refractivity contribution in [2.24, 2.45) is 0 Å². The van der Waals surface area contributed by atoms with Gasteiger partial charge in [0.2, 0.25) is 0 Å². The molecule has 1 unspecified atom stereocenters. The van der Waals surface area contributed by atoms with E-state index in [1.165, 1.54) is 6.92 Å². The average Bonchev–Trinajstić information content (AvgIpc) is 1.65. The quantitative estimate of drug-likeness (QED) is 0.359. The van der Waals surface area contributed by atoms with Gasteiger partial charge >= 0.3 is 51.4 Å². The Morgan fingerprint density at radius 3 is 2.22 bits per heavy atom. The van der Waals surface area contributed by atoms with Crippen molar-refractivity contribution in [3.05, 3.63) is 0 Å². The normalized spacial score (nSPS) is 12.8. The van der Waals surface area contributed by atoms with Gasteiger partial charge in [-0.05, 0) is 6.92 Å². The van der Waals surface area contributed by atoms with Gasteiger partial charge in [0.25, 0.3) is 0 Å². The van der Waals surface area contributed by atoms with Gasteiger partial charge < -0.3 is 12.6 Å². The number of hydrogen-bond donors (Lipinski definition) is 0. The van der Waals surface area contributed by atoms with Crippen LogP contribution in [0, 0.1) is 0 Å². The maximum atomic E-state index is 11.3. The molecule has 0 aromatic carbocycles. The number of rotatable bonds is 3. The summed E-state index contributed by atoms with van der Waals surface area (Å²) in [6, 6.07) is 0. The van der Waals surface area contributed by atoms with E-state index in [-0.39, 0.29) is 51.4 Å². The topological polar surface area (TPSA) is 43.4 Å². The molecule has 9 heavy (non-hydrogen) atoms. The molecule has 0 saturated heterocycles. The van der Waals surface area contributed by atoms with Crippen molar-refractivity contribution in [3.63, 3.8) is 0 Å². The van der Waals surface area contributed by atoms with Gasteiger partial charge in [-0.3, -0.25) is 0 Å². The second kappa shape index (κ2) is 7.58. The molecule has 3 nitrogen and oxygen atoms in total. The smallest absolute Gasteiger partial charge is 0.419 e. The molecule has 1 atom stereocenters. The summed E-state index contributed by atoms with van der Waals surface area (Å²) in [6.07, 6.45) is -0.853. The number of hydrogen-bond acceptors (Lipinski definition) is 4. The molecular formula is C3H6FKO3S. The molecule has 0 rings (SSSR count). The van der Waals surface area contributed by atoms with Crippen LogP contribution in [0.3, 0.4) is 0 Å². The van der Waals surface area contributed by atoms with Crippen molar-refractivity contribution in [2.75, 3.05) is 6.67 Å². The molecule has 0 aliphatic rings. The Morgan fingerprint density at radius 2 is 2.11 bits per heavy atom. The zero-order chi connectivity index (χ0) is 6.57. The fourth-order valence-corrected chi connectivity index (χ4v) is 0.480. The van der Waals surface area contributed by atoms with Crippen LogP contribution < -0.4 is 51.4 Å². The Bertz CT molecular complexity index is 118. The second-order valence-electron chi connectivity index (χ2n) is 1.27. The zero-order valence-corrected chi connectivity index (χ0v) is 9.24. The molecule has 0 bridgehead atoms. The summed E-state index contributed by atoms with van der Waals surface area (Å²) < 4.78 is 34.4. The molecule has 50 valence electrons. The van der Waals surface area contributed by atoms with E-state index in [0.29, 0.717) is 0 Å². The van der Waals surface area contributed by atoms with Crippen molar-refractivity contribution >= 4 is 11.0 Å². The van der Waals surface area contributed by atoms with Crippen LogP contribution >= 0.6 is 0 Å². The molecule has 0 aromatic heterocycles. The fourth-order valence-electron chi connectivity index (χ4n) is 0.160. The standard InChI is InChI=1S/C3H6FO3S.K/c1-3(2-4)7-8(5)6;/h3H,2H2,1H3;/q-1;+1. The average molecular weight is 180 g/mol. The van der Waals surface area contributed by atoms with Crippen LogP contribution in [0.5, 0.6) is 0 Å². The summed E-state index contributed by atoms with van der Waals surface area (Å²) >= 11 is 0. The molecule has 0 aliphatic heterocycles. The Kier molecular flexibility index (Phi) is 11.0. The summed E-state index contributed by atoms with van der Waals surface area (Å²) in [6.45, 7) is 0.545. The van der Waals surface area contributed by atoms with E-state index >= 15 is 0 Å². The van der Waals surface area contributed by atoms with Gasteiger partial charge in [0.1, 0.15) is 6.67 Å². The van der Waals surface area contributed by atoms with E-state index in [4.69, 9.17) is 0 Å². The van der Waals surface area contributed by atoms with Gasteiger partial charge in [0.05, 0.1) is 17.1 Å². The second-order valence-corrected chi connectivity index (χ2v) is 1.87. The summed E-state index contributed by atoms with van der Waals surface area (Å²) in [4.78, 5) is 0. The first-order valence-corrected chi connectivity index (χ1v) is 2.99. The van der Waals surface area contributed by atoms with Crippen LogP contribution in [0.15, 0.2) is 0 Å². The molecule has 0 N–H and O–H groups in total. The third kappa shape index (κ3) is 9.48. The molecule has 0 heterocycles. The van der Waals surface area contributed by atoms with Crippen LogP contribution in [0.25, 0.3) is 0 Å². The Balaban J connectivity index is 0. The van der Waals surface area contributed by atoms with Gasteiger partial charge in [-0.2, -0.15) is 0 Å². The summed E-state index contributed by atoms with van der Waals surface area (Å²) in [5.41, 5.74) is 0. The number of alkyl halides is 1. The summed E-state index contributed by atoms with van der Waals surface area (Å²) in [7, 11) is -2.59. The van der Waals surface area contributed by atoms with E-state index in [2.05, 4.69) is 4.18 Å². The zero-order valence-electron chi connectivity index (χ0n) is 5.30. The van der Waals surface area contributed by atoms with Crippen molar-refractivity contribution in [1.82, 2.24) is 0 Å². The maximum Gasteiger partial charge on any atom is 1.00 e. The SMILES string of the molecule is CC(CF)O[S-](=O)=O.[K+]. The molecule has 0 spiro atoms. The minimum atomic E-state index is -2.59. The molecule has 0 aromatic rings. The first-order valence-electron chi connectivity index (χ1n) is 1.99. The number of halogens is 1. The first kappa shape index (κ1) is 13.1. The molecule has 0 amide bonds. The van der Waals surface area contributed by atoms with Crippen molar-refractivity contribution in [3.8, 4) is 0 Å². The fraction of sp³-hybridized carbons (Fsp3) is 1.00. The molecule has 0 fully saturated rings. The van der Waals surface area contributed by atoms with E-state index in [1.807, 2.05) is 0 Å². The third-order valence-corrected chi connectivity index (χ3v) is 0.946. The maximum absolute atomic E-state index is 11.3. The van der Waals surface area contributed by atoms with E-state index < -0.39 is 23.8 Å². The van der Waals surface area contributed by atoms with Crippen LogP contribution in [0.4, 0.5) is 4.39 Å². The van der Waals surface area contributed by atoms with Crippen LogP contribution in [0.1, 0.15) is 6.92 Å². The van der Waals surface area contributed by atoms with E-state index in [9.17, 15) is 12.8 Å².